The lowest BCUT2D eigenvalue weighted by Gasteiger charge is -2.26. The molecule has 0 bridgehead atoms. The van der Waals surface area contributed by atoms with E-state index in [-0.39, 0.29) is 23.5 Å². The summed E-state index contributed by atoms with van der Waals surface area (Å²) in [6, 6.07) is 9.42. The molecule has 1 fully saturated rings. The summed E-state index contributed by atoms with van der Waals surface area (Å²) in [5.74, 6) is 0.175. The average molecular weight is 307 g/mol. The van der Waals surface area contributed by atoms with E-state index in [9.17, 15) is 13.2 Å². The van der Waals surface area contributed by atoms with Gasteiger partial charge < -0.3 is 4.90 Å². The van der Waals surface area contributed by atoms with E-state index < -0.39 is 9.84 Å². The van der Waals surface area contributed by atoms with Crippen molar-refractivity contribution in [3.05, 3.63) is 42.0 Å². The van der Waals surface area contributed by atoms with E-state index in [2.05, 4.69) is 0 Å². The first kappa shape index (κ1) is 15.8. The first-order chi connectivity index (χ1) is 10.0. The van der Waals surface area contributed by atoms with Crippen LogP contribution in [0.2, 0.25) is 0 Å². The van der Waals surface area contributed by atoms with Gasteiger partial charge in [0.25, 0.3) is 0 Å². The molecule has 1 heterocycles. The average Bonchev–Trinajstić information content (AvgIpc) is 2.83. The highest BCUT2D eigenvalue weighted by Gasteiger charge is 2.33. The van der Waals surface area contributed by atoms with Crippen LogP contribution in [0, 0.1) is 0 Å². The van der Waals surface area contributed by atoms with Crippen LogP contribution in [-0.4, -0.2) is 43.3 Å². The number of rotatable bonds is 5. The molecule has 0 aromatic heterocycles. The van der Waals surface area contributed by atoms with Gasteiger partial charge in [-0.05, 0) is 24.5 Å². The molecule has 2 rings (SSSR count). The van der Waals surface area contributed by atoms with Crippen LogP contribution >= 0.6 is 0 Å². The molecule has 1 saturated heterocycles. The van der Waals surface area contributed by atoms with Gasteiger partial charge in [-0.25, -0.2) is 8.42 Å². The zero-order valence-electron chi connectivity index (χ0n) is 12.2. The van der Waals surface area contributed by atoms with Gasteiger partial charge in [0, 0.05) is 18.7 Å². The van der Waals surface area contributed by atoms with Crippen LogP contribution in [0.4, 0.5) is 0 Å². The van der Waals surface area contributed by atoms with E-state index >= 15 is 0 Å². The number of carbonyl (C=O) groups excluding carboxylic acids is 1. The molecule has 0 N–H and O–H groups in total. The van der Waals surface area contributed by atoms with Crippen LogP contribution in [0.1, 0.15) is 25.3 Å². The van der Waals surface area contributed by atoms with Crippen molar-refractivity contribution in [1.82, 2.24) is 4.90 Å². The number of hydrogen-bond acceptors (Lipinski definition) is 3. The summed E-state index contributed by atoms with van der Waals surface area (Å²) in [6.45, 7) is 2.59. The largest absolute Gasteiger partial charge is 0.335 e. The van der Waals surface area contributed by atoms with Crippen molar-refractivity contribution in [2.75, 3.05) is 18.1 Å². The predicted octanol–water partition coefficient (Wildman–Crippen LogP) is 2.13. The van der Waals surface area contributed by atoms with Crippen molar-refractivity contribution in [3.63, 3.8) is 0 Å². The van der Waals surface area contributed by atoms with Crippen molar-refractivity contribution in [2.24, 2.45) is 0 Å². The lowest BCUT2D eigenvalue weighted by Crippen LogP contribution is -2.40. The Bertz CT molecular complexity index is 608. The topological polar surface area (TPSA) is 54.5 Å². The molecule has 1 aliphatic heterocycles. The molecule has 1 aliphatic rings. The summed E-state index contributed by atoms with van der Waals surface area (Å²) in [7, 11) is -2.98. The Kier molecular flexibility index (Phi) is 5.17. The Hall–Kier alpha value is -1.62. The molecule has 1 atom stereocenters. The van der Waals surface area contributed by atoms with E-state index in [4.69, 9.17) is 0 Å². The highest BCUT2D eigenvalue weighted by molar-refractivity contribution is 7.91. The number of nitrogens with zero attached hydrogens (tertiary/aromatic N) is 1. The molecule has 1 amide bonds. The Labute approximate surface area is 126 Å². The predicted molar refractivity (Wildman–Crippen MR) is 84.5 cm³/mol. The van der Waals surface area contributed by atoms with Gasteiger partial charge in [0.2, 0.25) is 5.91 Å². The van der Waals surface area contributed by atoms with Crippen LogP contribution in [0.3, 0.4) is 0 Å². The van der Waals surface area contributed by atoms with E-state index in [0.717, 1.165) is 12.0 Å². The third-order valence-electron chi connectivity index (χ3n) is 3.61. The normalized spacial score (nSPS) is 20.7. The van der Waals surface area contributed by atoms with Crippen LogP contribution in [-0.2, 0) is 14.6 Å². The molecular formula is C16H21NO3S. The van der Waals surface area contributed by atoms with Crippen molar-refractivity contribution in [2.45, 2.75) is 25.8 Å². The van der Waals surface area contributed by atoms with Crippen LogP contribution in [0.25, 0.3) is 6.08 Å². The second-order valence-electron chi connectivity index (χ2n) is 5.33. The highest BCUT2D eigenvalue weighted by Crippen LogP contribution is 2.18. The van der Waals surface area contributed by atoms with Crippen LogP contribution < -0.4 is 0 Å². The Morgan fingerprint density at radius 2 is 2.05 bits per heavy atom. The number of hydrogen-bond donors (Lipinski definition) is 0. The fourth-order valence-corrected chi connectivity index (χ4v) is 4.29. The number of carbonyl (C=O) groups is 1. The van der Waals surface area contributed by atoms with Gasteiger partial charge >= 0.3 is 0 Å². The lowest BCUT2D eigenvalue weighted by molar-refractivity contribution is -0.127. The van der Waals surface area contributed by atoms with Gasteiger partial charge in [-0.2, -0.15) is 0 Å². The summed E-state index contributed by atoms with van der Waals surface area (Å²) < 4.78 is 23.2. The molecular weight excluding hydrogens is 286 g/mol. The van der Waals surface area contributed by atoms with Gasteiger partial charge in [0.05, 0.1) is 11.5 Å². The highest BCUT2D eigenvalue weighted by atomic mass is 32.2. The molecule has 0 saturated carbocycles. The monoisotopic (exact) mass is 307 g/mol. The Balaban J connectivity index is 2.08. The summed E-state index contributed by atoms with van der Waals surface area (Å²) >= 11 is 0. The van der Waals surface area contributed by atoms with Gasteiger partial charge in [-0.3, -0.25) is 4.79 Å². The molecule has 0 aliphatic carbocycles. The van der Waals surface area contributed by atoms with Gasteiger partial charge in [0.1, 0.15) is 0 Å². The maximum Gasteiger partial charge on any atom is 0.246 e. The fourth-order valence-electron chi connectivity index (χ4n) is 2.56. The lowest BCUT2D eigenvalue weighted by atomic mass is 10.2. The van der Waals surface area contributed by atoms with E-state index in [1.807, 2.05) is 37.3 Å². The SMILES string of the molecule is CCCN(C(=O)/C=C/c1ccccc1)C1CCS(=O)(=O)C1. The molecule has 1 aromatic carbocycles. The van der Waals surface area contributed by atoms with Crippen molar-refractivity contribution in [3.8, 4) is 0 Å². The van der Waals surface area contributed by atoms with Gasteiger partial charge in [0.15, 0.2) is 9.84 Å². The van der Waals surface area contributed by atoms with Gasteiger partial charge in [-0.15, -0.1) is 0 Å². The summed E-state index contributed by atoms with van der Waals surface area (Å²) in [4.78, 5) is 14.0. The molecule has 0 radical (unpaired) electrons. The third-order valence-corrected chi connectivity index (χ3v) is 5.37. The second-order valence-corrected chi connectivity index (χ2v) is 7.56. The van der Waals surface area contributed by atoms with Crippen LogP contribution in [0.15, 0.2) is 36.4 Å². The summed E-state index contributed by atoms with van der Waals surface area (Å²) in [5, 5.41) is 0. The van der Waals surface area contributed by atoms with E-state index in [1.54, 1.807) is 11.0 Å². The quantitative estimate of drug-likeness (QED) is 0.783. The molecule has 5 heteroatoms. The fraction of sp³-hybridized carbons (Fsp3) is 0.438. The van der Waals surface area contributed by atoms with Crippen LogP contribution in [0.5, 0.6) is 0 Å². The third kappa shape index (κ3) is 4.43. The number of amides is 1. The molecule has 0 spiro atoms. The first-order valence-corrected chi connectivity index (χ1v) is 9.08. The molecule has 1 aromatic rings. The van der Waals surface area contributed by atoms with Gasteiger partial charge in [-0.1, -0.05) is 37.3 Å². The second kappa shape index (κ2) is 6.89. The first-order valence-electron chi connectivity index (χ1n) is 7.26. The minimum absolute atomic E-state index is 0.0952. The molecule has 1 unspecified atom stereocenters. The van der Waals surface area contributed by atoms with Crippen molar-refractivity contribution >= 4 is 21.8 Å². The minimum atomic E-state index is -2.98. The standard InChI is InChI=1S/C16H21NO3S/c1-2-11-17(15-10-12-21(19,20)13-15)16(18)9-8-14-6-4-3-5-7-14/h3-9,15H,2,10-13H2,1H3/b9-8+. The smallest absolute Gasteiger partial charge is 0.246 e. The Morgan fingerprint density at radius 1 is 1.33 bits per heavy atom. The van der Waals surface area contributed by atoms with Crippen molar-refractivity contribution in [1.29, 1.82) is 0 Å². The zero-order valence-corrected chi connectivity index (χ0v) is 13.1. The molecule has 4 nitrogen and oxygen atoms in total. The minimum Gasteiger partial charge on any atom is -0.335 e. The molecule has 21 heavy (non-hydrogen) atoms. The maximum atomic E-state index is 12.3. The Morgan fingerprint density at radius 3 is 2.62 bits per heavy atom. The van der Waals surface area contributed by atoms with E-state index in [1.165, 1.54) is 6.08 Å². The van der Waals surface area contributed by atoms with E-state index in [0.29, 0.717) is 13.0 Å². The summed E-state index contributed by atoms with van der Waals surface area (Å²) in [5.41, 5.74) is 0.960. The number of benzene rings is 1. The molecule has 114 valence electrons. The zero-order chi connectivity index (χ0) is 15.3. The van der Waals surface area contributed by atoms with Crippen molar-refractivity contribution < 1.29 is 13.2 Å². The maximum absolute atomic E-state index is 12.3. The number of sulfone groups is 1. The summed E-state index contributed by atoms with van der Waals surface area (Å²) in [6.07, 6.45) is 4.68.